The highest BCUT2D eigenvalue weighted by Gasteiger charge is 2.22. The average Bonchev–Trinajstić information content (AvgIpc) is 3.37. The number of ketones is 1. The van der Waals surface area contributed by atoms with Crippen LogP contribution < -0.4 is 5.32 Å². The summed E-state index contributed by atoms with van der Waals surface area (Å²) in [5, 5.41) is 14.6. The molecule has 160 valence electrons. The highest BCUT2D eigenvalue weighted by molar-refractivity contribution is 7.99. The lowest BCUT2D eigenvalue weighted by Gasteiger charge is -2.13. The summed E-state index contributed by atoms with van der Waals surface area (Å²) in [6, 6.07) is 6.88. The number of thiophene rings is 1. The molecule has 4 rings (SSSR count). The topological polar surface area (TPSA) is 76.9 Å². The molecule has 31 heavy (non-hydrogen) atoms. The number of Topliss-reactive ketones (excluding diaryl/α,β-unsaturated/α-hetero) is 1. The number of thioether (sulfide) groups is 1. The third-order valence-corrected chi connectivity index (χ3v) is 7.29. The Hall–Kier alpha value is -2.71. The van der Waals surface area contributed by atoms with Crippen LogP contribution in [-0.4, -0.2) is 32.2 Å². The Morgan fingerprint density at radius 2 is 2.00 bits per heavy atom. The number of fused-ring (bicyclic) bond motifs is 1. The van der Waals surface area contributed by atoms with E-state index in [4.69, 9.17) is 0 Å². The van der Waals surface area contributed by atoms with Gasteiger partial charge in [-0.3, -0.25) is 14.2 Å². The summed E-state index contributed by atoms with van der Waals surface area (Å²) in [7, 11) is 0. The summed E-state index contributed by atoms with van der Waals surface area (Å²) in [6.45, 7) is 5.98. The second-order valence-electron chi connectivity index (χ2n) is 7.43. The number of hydrogen-bond donors (Lipinski definition) is 1. The quantitative estimate of drug-likeness (QED) is 0.295. The number of nitrogens with one attached hydrogen (secondary N) is 1. The van der Waals surface area contributed by atoms with Gasteiger partial charge in [0.1, 0.15) is 0 Å². The van der Waals surface area contributed by atoms with Crippen molar-refractivity contribution in [3.8, 4) is 11.4 Å². The van der Waals surface area contributed by atoms with Crippen LogP contribution in [0.4, 0.5) is 5.69 Å². The molecule has 0 spiro atoms. The lowest BCUT2D eigenvalue weighted by atomic mass is 9.95. The van der Waals surface area contributed by atoms with Gasteiger partial charge >= 0.3 is 0 Å². The number of aryl methyl sites for hydroxylation is 1. The molecule has 1 aliphatic rings. The molecule has 6 nitrogen and oxygen atoms in total. The fourth-order valence-electron chi connectivity index (χ4n) is 3.69. The number of aromatic nitrogens is 3. The third-order valence-electron chi connectivity index (χ3n) is 5.24. The average molecular weight is 453 g/mol. The summed E-state index contributed by atoms with van der Waals surface area (Å²) < 4.78 is 2.03. The van der Waals surface area contributed by atoms with Crippen LogP contribution in [0.5, 0.6) is 0 Å². The van der Waals surface area contributed by atoms with Crippen molar-refractivity contribution in [3.05, 3.63) is 58.3 Å². The molecule has 0 saturated heterocycles. The van der Waals surface area contributed by atoms with Crippen LogP contribution in [0.3, 0.4) is 0 Å². The van der Waals surface area contributed by atoms with Crippen molar-refractivity contribution in [3.63, 3.8) is 0 Å². The predicted octanol–water partition coefficient (Wildman–Crippen LogP) is 5.00. The largest absolute Gasteiger partial charge is 0.325 e. The van der Waals surface area contributed by atoms with Gasteiger partial charge in [0.15, 0.2) is 16.8 Å². The van der Waals surface area contributed by atoms with E-state index in [-0.39, 0.29) is 17.4 Å². The molecule has 0 fully saturated rings. The van der Waals surface area contributed by atoms with Crippen LogP contribution in [0, 0.1) is 0 Å². The normalized spacial score (nSPS) is 12.9. The minimum Gasteiger partial charge on any atom is -0.325 e. The van der Waals surface area contributed by atoms with Crippen LogP contribution in [0.25, 0.3) is 11.4 Å². The standard InChI is InChI=1S/C23H24N4O2S2/c1-3-12-27-22(19-13-30-20-7-5-4-6-18(19)20)25-26-23(27)31-14-21(29)24-17-10-8-16(9-11-17)15(2)28/h3,8-11,13H,1,4-7,12,14H2,2H3,(H,24,29). The first kappa shape index (κ1) is 21.5. The minimum atomic E-state index is -0.136. The second kappa shape index (κ2) is 9.62. The Balaban J connectivity index is 1.46. The van der Waals surface area contributed by atoms with Crippen molar-refractivity contribution in [2.75, 3.05) is 11.1 Å². The molecular weight excluding hydrogens is 428 g/mol. The van der Waals surface area contributed by atoms with Gasteiger partial charge in [0.25, 0.3) is 0 Å². The second-order valence-corrected chi connectivity index (χ2v) is 9.34. The molecule has 2 heterocycles. The highest BCUT2D eigenvalue weighted by atomic mass is 32.2. The number of benzene rings is 1. The van der Waals surface area contributed by atoms with Gasteiger partial charge in [-0.2, -0.15) is 0 Å². The van der Waals surface area contributed by atoms with Gasteiger partial charge in [0, 0.05) is 33.6 Å². The lowest BCUT2D eigenvalue weighted by molar-refractivity contribution is -0.113. The van der Waals surface area contributed by atoms with Gasteiger partial charge in [0.05, 0.1) is 5.75 Å². The molecule has 3 aromatic rings. The Morgan fingerprint density at radius 1 is 1.23 bits per heavy atom. The lowest BCUT2D eigenvalue weighted by Crippen LogP contribution is -2.14. The number of carbonyl (C=O) groups is 2. The van der Waals surface area contributed by atoms with Crippen molar-refractivity contribution in [1.29, 1.82) is 0 Å². The van der Waals surface area contributed by atoms with Crippen molar-refractivity contribution < 1.29 is 9.59 Å². The molecule has 1 amide bonds. The molecule has 0 radical (unpaired) electrons. The number of anilines is 1. The maximum Gasteiger partial charge on any atom is 0.234 e. The van der Waals surface area contributed by atoms with Crippen molar-refractivity contribution in [2.45, 2.75) is 44.3 Å². The van der Waals surface area contributed by atoms with E-state index >= 15 is 0 Å². The molecule has 0 atom stereocenters. The van der Waals surface area contributed by atoms with Crippen LogP contribution in [0.1, 0.15) is 40.6 Å². The molecule has 0 unspecified atom stereocenters. The van der Waals surface area contributed by atoms with E-state index in [1.54, 1.807) is 35.6 Å². The molecule has 1 aliphatic carbocycles. The van der Waals surface area contributed by atoms with Crippen LogP contribution >= 0.6 is 23.1 Å². The predicted molar refractivity (Wildman–Crippen MR) is 126 cm³/mol. The Bertz CT molecular complexity index is 1120. The van der Waals surface area contributed by atoms with Gasteiger partial charge in [-0.25, -0.2) is 0 Å². The van der Waals surface area contributed by atoms with Gasteiger partial charge in [0.2, 0.25) is 5.91 Å². The monoisotopic (exact) mass is 452 g/mol. The van der Waals surface area contributed by atoms with E-state index in [0.717, 1.165) is 24.2 Å². The summed E-state index contributed by atoms with van der Waals surface area (Å²) in [6.07, 6.45) is 6.51. The number of rotatable bonds is 8. The Morgan fingerprint density at radius 3 is 2.74 bits per heavy atom. The van der Waals surface area contributed by atoms with E-state index in [1.165, 1.54) is 42.0 Å². The Labute approximate surface area is 189 Å². The summed E-state index contributed by atoms with van der Waals surface area (Å²) in [5.41, 5.74) is 3.84. The van der Waals surface area contributed by atoms with E-state index < -0.39 is 0 Å². The molecule has 8 heteroatoms. The van der Waals surface area contributed by atoms with Crippen LogP contribution in [0.15, 0.2) is 47.5 Å². The maximum absolute atomic E-state index is 12.4. The number of allylic oxidation sites excluding steroid dienone is 1. The third kappa shape index (κ3) is 4.80. The number of nitrogens with zero attached hydrogens (tertiary/aromatic N) is 3. The first-order valence-electron chi connectivity index (χ1n) is 10.2. The fraction of sp³-hybridized carbons (Fsp3) is 0.304. The minimum absolute atomic E-state index is 0.00215. The summed E-state index contributed by atoms with van der Waals surface area (Å²) in [5.74, 6) is 0.925. The first-order valence-corrected chi connectivity index (χ1v) is 12.1. The van der Waals surface area contributed by atoms with Gasteiger partial charge < -0.3 is 5.32 Å². The van der Waals surface area contributed by atoms with Gasteiger partial charge in [-0.1, -0.05) is 17.8 Å². The zero-order chi connectivity index (χ0) is 21.8. The fourth-order valence-corrected chi connectivity index (χ4v) is 5.56. The van der Waals surface area contributed by atoms with Crippen LogP contribution in [-0.2, 0) is 24.2 Å². The molecular formula is C23H24N4O2S2. The van der Waals surface area contributed by atoms with Crippen molar-refractivity contribution in [1.82, 2.24) is 14.8 Å². The van der Waals surface area contributed by atoms with E-state index in [9.17, 15) is 9.59 Å². The van der Waals surface area contributed by atoms with Gasteiger partial charge in [-0.05, 0) is 62.4 Å². The summed E-state index contributed by atoms with van der Waals surface area (Å²) >= 11 is 3.16. The van der Waals surface area contributed by atoms with Crippen molar-refractivity contribution >= 4 is 40.5 Å². The van der Waals surface area contributed by atoms with E-state index in [2.05, 4.69) is 27.5 Å². The SMILES string of the molecule is C=CCn1c(SCC(=O)Nc2ccc(C(C)=O)cc2)nnc1-c1csc2c1CCCC2. The highest BCUT2D eigenvalue weighted by Crippen LogP contribution is 2.36. The zero-order valence-corrected chi connectivity index (χ0v) is 19.0. The Kier molecular flexibility index (Phi) is 6.67. The van der Waals surface area contributed by atoms with Crippen molar-refractivity contribution in [2.24, 2.45) is 0 Å². The first-order chi connectivity index (χ1) is 15.1. The number of carbonyl (C=O) groups excluding carboxylic acids is 2. The maximum atomic E-state index is 12.4. The summed E-state index contributed by atoms with van der Waals surface area (Å²) in [4.78, 5) is 25.3. The molecule has 1 aromatic carbocycles. The molecule has 0 saturated carbocycles. The number of amides is 1. The molecule has 1 N–H and O–H groups in total. The number of hydrogen-bond acceptors (Lipinski definition) is 6. The zero-order valence-electron chi connectivity index (χ0n) is 17.4. The van der Waals surface area contributed by atoms with Gasteiger partial charge in [-0.15, -0.1) is 28.1 Å². The van der Waals surface area contributed by atoms with Crippen LogP contribution in [0.2, 0.25) is 0 Å². The smallest absolute Gasteiger partial charge is 0.234 e. The van der Waals surface area contributed by atoms with E-state index in [1.807, 2.05) is 10.6 Å². The van der Waals surface area contributed by atoms with E-state index in [0.29, 0.717) is 23.0 Å². The molecule has 0 bridgehead atoms. The molecule has 0 aliphatic heterocycles. The molecule has 2 aromatic heterocycles.